The van der Waals surface area contributed by atoms with Gasteiger partial charge in [-0.3, -0.25) is 14.9 Å². The molecule has 2 aromatic carbocycles. The third-order valence-electron chi connectivity index (χ3n) is 4.12. The summed E-state index contributed by atoms with van der Waals surface area (Å²) in [7, 11) is 0. The maximum Gasteiger partial charge on any atom is 0.273 e. The Morgan fingerprint density at radius 2 is 1.81 bits per heavy atom. The van der Waals surface area contributed by atoms with Crippen molar-refractivity contribution in [2.45, 2.75) is 33.1 Å². The van der Waals surface area contributed by atoms with Crippen LogP contribution in [-0.4, -0.2) is 24.0 Å². The summed E-state index contributed by atoms with van der Waals surface area (Å²) in [6, 6.07) is 12.3. The molecule has 6 heteroatoms. The van der Waals surface area contributed by atoms with E-state index in [1.165, 1.54) is 17.7 Å². The zero-order chi connectivity index (χ0) is 19.3. The topological polar surface area (TPSA) is 81.5 Å². The van der Waals surface area contributed by atoms with Crippen LogP contribution in [0.15, 0.2) is 42.5 Å². The van der Waals surface area contributed by atoms with Crippen LogP contribution in [0.1, 0.15) is 42.3 Å². The molecule has 2 rings (SSSR count). The molecule has 0 aromatic heterocycles. The normalized spacial score (nSPS) is 11.1. The maximum atomic E-state index is 12.2. The summed E-state index contributed by atoms with van der Waals surface area (Å²) in [5, 5.41) is 13.7. The Morgan fingerprint density at radius 3 is 2.38 bits per heavy atom. The van der Waals surface area contributed by atoms with Crippen LogP contribution < -0.4 is 10.1 Å². The molecule has 2 aromatic rings. The molecule has 1 amide bonds. The van der Waals surface area contributed by atoms with Crippen LogP contribution in [0.2, 0.25) is 0 Å². The summed E-state index contributed by atoms with van der Waals surface area (Å²) < 4.78 is 5.63. The minimum atomic E-state index is -0.490. The first-order valence-electron chi connectivity index (χ1n) is 8.45. The van der Waals surface area contributed by atoms with E-state index >= 15 is 0 Å². The van der Waals surface area contributed by atoms with Gasteiger partial charge in [0.25, 0.3) is 11.6 Å². The van der Waals surface area contributed by atoms with Gasteiger partial charge in [-0.25, -0.2) is 0 Å². The van der Waals surface area contributed by atoms with Gasteiger partial charge < -0.3 is 10.1 Å². The zero-order valence-corrected chi connectivity index (χ0v) is 15.5. The molecule has 0 saturated heterocycles. The van der Waals surface area contributed by atoms with Gasteiger partial charge in [-0.1, -0.05) is 39.0 Å². The molecule has 0 heterocycles. The van der Waals surface area contributed by atoms with E-state index in [2.05, 4.69) is 26.1 Å². The molecule has 0 aliphatic rings. The van der Waals surface area contributed by atoms with Gasteiger partial charge in [-0.15, -0.1) is 0 Å². The number of rotatable bonds is 6. The molecule has 138 valence electrons. The Hall–Kier alpha value is -2.89. The van der Waals surface area contributed by atoms with Crippen molar-refractivity contribution in [1.29, 1.82) is 0 Å². The number of hydrogen-bond donors (Lipinski definition) is 1. The first-order valence-corrected chi connectivity index (χ1v) is 8.45. The van der Waals surface area contributed by atoms with Gasteiger partial charge in [0.2, 0.25) is 0 Å². The Balaban J connectivity index is 1.88. The van der Waals surface area contributed by atoms with Gasteiger partial charge in [-0.2, -0.15) is 0 Å². The summed E-state index contributed by atoms with van der Waals surface area (Å²) in [6.07, 6.45) is 0. The van der Waals surface area contributed by atoms with Crippen molar-refractivity contribution in [3.05, 3.63) is 69.3 Å². The zero-order valence-electron chi connectivity index (χ0n) is 15.5. The minimum Gasteiger partial charge on any atom is -0.492 e. The molecule has 0 bridgehead atoms. The van der Waals surface area contributed by atoms with E-state index in [-0.39, 0.29) is 17.0 Å². The molecule has 26 heavy (non-hydrogen) atoms. The number of nitro groups is 1. The first-order chi connectivity index (χ1) is 12.2. The van der Waals surface area contributed by atoms with Crippen molar-refractivity contribution in [2.24, 2.45) is 0 Å². The molecule has 6 nitrogen and oxygen atoms in total. The lowest BCUT2D eigenvalue weighted by Gasteiger charge is -2.19. The highest BCUT2D eigenvalue weighted by atomic mass is 16.6. The van der Waals surface area contributed by atoms with Crippen LogP contribution >= 0.6 is 0 Å². The highest BCUT2D eigenvalue weighted by molar-refractivity contribution is 5.96. The second kappa shape index (κ2) is 7.99. The first kappa shape index (κ1) is 19.4. The molecule has 0 aliphatic heterocycles. The smallest absolute Gasteiger partial charge is 0.273 e. The largest absolute Gasteiger partial charge is 0.492 e. The lowest BCUT2D eigenvalue weighted by atomic mass is 9.87. The molecule has 0 unspecified atom stereocenters. The van der Waals surface area contributed by atoms with Crippen LogP contribution in [0.25, 0.3) is 0 Å². The molecule has 0 spiro atoms. The highest BCUT2D eigenvalue weighted by Crippen LogP contribution is 2.24. The standard InChI is InChI=1S/C20H24N2O4/c1-14-17(6-5-7-18(14)22(24)25)19(23)21-12-13-26-16-10-8-15(9-11-16)20(2,3)4/h5-11H,12-13H2,1-4H3,(H,21,23). The highest BCUT2D eigenvalue weighted by Gasteiger charge is 2.17. The molecule has 0 aliphatic carbocycles. The van der Waals surface area contributed by atoms with E-state index in [1.807, 2.05) is 24.3 Å². The average Bonchev–Trinajstić information content (AvgIpc) is 2.58. The Kier molecular flexibility index (Phi) is 5.97. The third-order valence-corrected chi connectivity index (χ3v) is 4.12. The van der Waals surface area contributed by atoms with Gasteiger partial charge in [0.1, 0.15) is 12.4 Å². The molecule has 0 radical (unpaired) electrons. The number of nitro benzene ring substituents is 1. The molecular formula is C20H24N2O4. The number of benzene rings is 2. The molecular weight excluding hydrogens is 332 g/mol. The number of nitrogens with zero attached hydrogens (tertiary/aromatic N) is 1. The van der Waals surface area contributed by atoms with E-state index in [0.717, 1.165) is 5.75 Å². The second-order valence-corrected chi connectivity index (χ2v) is 7.09. The van der Waals surface area contributed by atoms with Crippen LogP contribution in [0.5, 0.6) is 5.75 Å². The maximum absolute atomic E-state index is 12.2. The molecule has 1 N–H and O–H groups in total. The van der Waals surface area contributed by atoms with E-state index in [4.69, 9.17) is 4.74 Å². The summed E-state index contributed by atoms with van der Waals surface area (Å²) in [6.45, 7) is 8.63. The number of amides is 1. The Bertz CT molecular complexity index is 792. The minimum absolute atomic E-state index is 0.0622. The average molecular weight is 356 g/mol. The number of ether oxygens (including phenoxy) is 1. The van der Waals surface area contributed by atoms with Gasteiger partial charge in [0, 0.05) is 17.2 Å². The number of carbonyl (C=O) groups is 1. The van der Waals surface area contributed by atoms with E-state index < -0.39 is 4.92 Å². The molecule has 0 atom stereocenters. The fraction of sp³-hybridized carbons (Fsp3) is 0.350. The van der Waals surface area contributed by atoms with Crippen molar-refractivity contribution < 1.29 is 14.5 Å². The monoisotopic (exact) mass is 356 g/mol. The predicted molar refractivity (Wildman–Crippen MR) is 101 cm³/mol. The predicted octanol–water partition coefficient (Wildman–Crippen LogP) is 4.01. The van der Waals surface area contributed by atoms with Crippen LogP contribution in [0.3, 0.4) is 0 Å². The van der Waals surface area contributed by atoms with Crippen LogP contribution in [-0.2, 0) is 5.41 Å². The summed E-state index contributed by atoms with van der Waals surface area (Å²) in [4.78, 5) is 22.7. The summed E-state index contributed by atoms with van der Waals surface area (Å²) in [5.41, 5.74) is 1.90. The third kappa shape index (κ3) is 4.81. The number of nitrogens with one attached hydrogen (secondary N) is 1. The number of hydrogen-bond acceptors (Lipinski definition) is 4. The quantitative estimate of drug-likeness (QED) is 0.482. The molecule has 0 fully saturated rings. The van der Waals surface area contributed by atoms with Gasteiger partial charge in [0.05, 0.1) is 11.5 Å². The number of carbonyl (C=O) groups excluding carboxylic acids is 1. The Morgan fingerprint density at radius 1 is 1.15 bits per heavy atom. The van der Waals surface area contributed by atoms with E-state index in [9.17, 15) is 14.9 Å². The molecule has 0 saturated carbocycles. The lowest BCUT2D eigenvalue weighted by molar-refractivity contribution is -0.385. The van der Waals surface area contributed by atoms with Crippen molar-refractivity contribution in [1.82, 2.24) is 5.32 Å². The van der Waals surface area contributed by atoms with Gasteiger partial charge in [0.15, 0.2) is 0 Å². The van der Waals surface area contributed by atoms with Gasteiger partial charge >= 0.3 is 0 Å². The summed E-state index contributed by atoms with van der Waals surface area (Å²) >= 11 is 0. The Labute approximate surface area is 153 Å². The second-order valence-electron chi connectivity index (χ2n) is 7.09. The van der Waals surface area contributed by atoms with Crippen molar-refractivity contribution in [3.8, 4) is 5.75 Å². The van der Waals surface area contributed by atoms with Crippen LogP contribution in [0, 0.1) is 17.0 Å². The van der Waals surface area contributed by atoms with E-state index in [1.54, 1.807) is 13.0 Å². The SMILES string of the molecule is Cc1c(C(=O)NCCOc2ccc(C(C)(C)C)cc2)cccc1[N+](=O)[O-]. The van der Waals surface area contributed by atoms with Crippen molar-refractivity contribution in [2.75, 3.05) is 13.2 Å². The van der Waals surface area contributed by atoms with Crippen LogP contribution in [0.4, 0.5) is 5.69 Å². The van der Waals surface area contributed by atoms with Crippen molar-refractivity contribution >= 4 is 11.6 Å². The van der Waals surface area contributed by atoms with E-state index in [0.29, 0.717) is 24.3 Å². The fourth-order valence-corrected chi connectivity index (χ4v) is 2.55. The van der Waals surface area contributed by atoms with Crippen molar-refractivity contribution in [3.63, 3.8) is 0 Å². The lowest BCUT2D eigenvalue weighted by Crippen LogP contribution is -2.28. The summed E-state index contributed by atoms with van der Waals surface area (Å²) in [5.74, 6) is 0.386. The fourth-order valence-electron chi connectivity index (χ4n) is 2.55. The van der Waals surface area contributed by atoms with Gasteiger partial charge in [-0.05, 0) is 36.1 Å².